The second-order valence-corrected chi connectivity index (χ2v) is 3.78. The van der Waals surface area contributed by atoms with Crippen LogP contribution < -0.4 is 10.6 Å². The molecule has 2 fully saturated rings. The van der Waals surface area contributed by atoms with Gasteiger partial charge in [0.05, 0.1) is 5.92 Å². The number of fused-ring (bicyclic) bond motifs is 2. The lowest BCUT2D eigenvalue weighted by molar-refractivity contribution is -0.125. The van der Waals surface area contributed by atoms with E-state index in [0.717, 1.165) is 13.0 Å². The van der Waals surface area contributed by atoms with E-state index in [9.17, 15) is 4.79 Å². The summed E-state index contributed by atoms with van der Waals surface area (Å²) in [6, 6.07) is 1.10. The van der Waals surface area contributed by atoms with E-state index in [2.05, 4.69) is 10.6 Å². The molecule has 0 aromatic rings. The van der Waals surface area contributed by atoms with Crippen molar-refractivity contribution in [1.29, 1.82) is 0 Å². The molecule has 0 radical (unpaired) electrons. The van der Waals surface area contributed by atoms with Gasteiger partial charge in [-0.2, -0.15) is 0 Å². The van der Waals surface area contributed by atoms with E-state index in [1.807, 2.05) is 6.92 Å². The van der Waals surface area contributed by atoms with Crippen molar-refractivity contribution in [1.82, 2.24) is 10.6 Å². The van der Waals surface area contributed by atoms with Crippen molar-refractivity contribution in [3.8, 4) is 0 Å². The van der Waals surface area contributed by atoms with Crippen LogP contribution in [0.2, 0.25) is 0 Å². The van der Waals surface area contributed by atoms with E-state index in [1.54, 1.807) is 0 Å². The maximum atomic E-state index is 11.5. The first-order valence-electron chi connectivity index (χ1n) is 4.85. The highest BCUT2D eigenvalue weighted by molar-refractivity contribution is 5.80. The number of carbonyl (C=O) groups is 1. The Kier molecular flexibility index (Phi) is 2.05. The van der Waals surface area contributed by atoms with E-state index in [1.165, 1.54) is 12.8 Å². The van der Waals surface area contributed by atoms with Gasteiger partial charge in [0.25, 0.3) is 0 Å². The Labute approximate surface area is 72.9 Å². The average Bonchev–Trinajstić information content (AvgIpc) is 2.64. The molecular weight excluding hydrogens is 152 g/mol. The van der Waals surface area contributed by atoms with Crippen molar-refractivity contribution in [2.45, 2.75) is 38.3 Å². The largest absolute Gasteiger partial charge is 0.356 e. The number of carbonyl (C=O) groups excluding carboxylic acids is 1. The van der Waals surface area contributed by atoms with E-state index in [4.69, 9.17) is 0 Å². The molecule has 0 aromatic heterocycles. The molecule has 2 bridgehead atoms. The molecule has 2 aliphatic rings. The lowest BCUT2D eigenvalue weighted by atomic mass is 9.88. The Hall–Kier alpha value is -0.570. The summed E-state index contributed by atoms with van der Waals surface area (Å²) in [5, 5.41) is 6.35. The van der Waals surface area contributed by atoms with Crippen molar-refractivity contribution in [3.05, 3.63) is 0 Å². The number of hydrogen-bond acceptors (Lipinski definition) is 2. The third-order valence-electron chi connectivity index (χ3n) is 2.99. The fraction of sp³-hybridized carbons (Fsp3) is 0.889. The second kappa shape index (κ2) is 3.05. The van der Waals surface area contributed by atoms with Crippen molar-refractivity contribution >= 4 is 5.91 Å². The smallest absolute Gasteiger partial charge is 0.224 e. The molecule has 2 aliphatic heterocycles. The van der Waals surface area contributed by atoms with Gasteiger partial charge in [-0.1, -0.05) is 0 Å². The summed E-state index contributed by atoms with van der Waals surface area (Å²) in [5.41, 5.74) is 0. The molecule has 0 spiro atoms. The van der Waals surface area contributed by atoms with Crippen LogP contribution in [-0.4, -0.2) is 24.5 Å². The summed E-state index contributed by atoms with van der Waals surface area (Å²) in [7, 11) is 0. The van der Waals surface area contributed by atoms with E-state index >= 15 is 0 Å². The number of hydrogen-bond donors (Lipinski definition) is 2. The predicted molar refractivity (Wildman–Crippen MR) is 46.7 cm³/mol. The molecule has 2 saturated heterocycles. The predicted octanol–water partition coefficient (Wildman–Crippen LogP) is 0.263. The fourth-order valence-corrected chi connectivity index (χ4v) is 2.42. The first-order valence-corrected chi connectivity index (χ1v) is 4.85. The number of amides is 1. The molecule has 3 nitrogen and oxygen atoms in total. The van der Waals surface area contributed by atoms with Gasteiger partial charge in [0.2, 0.25) is 5.91 Å². The third-order valence-corrected chi connectivity index (χ3v) is 2.99. The quantitative estimate of drug-likeness (QED) is 0.621. The van der Waals surface area contributed by atoms with Gasteiger partial charge in [0, 0.05) is 18.6 Å². The third kappa shape index (κ3) is 1.22. The highest BCUT2D eigenvalue weighted by atomic mass is 16.1. The topological polar surface area (TPSA) is 41.1 Å². The highest BCUT2D eigenvalue weighted by Crippen LogP contribution is 2.33. The van der Waals surface area contributed by atoms with E-state index in [-0.39, 0.29) is 11.8 Å². The Balaban J connectivity index is 1.93. The standard InChI is InChI=1S/C9H16N2O/c1-2-10-9(12)7-5-6-3-4-8(7)11-6/h6-8,11H,2-5H2,1H3,(H,10,12)/t6-,7+,8+/m0/s1. The van der Waals surface area contributed by atoms with Crippen LogP contribution in [-0.2, 0) is 4.79 Å². The van der Waals surface area contributed by atoms with Crippen molar-refractivity contribution in [2.75, 3.05) is 6.54 Å². The second-order valence-electron chi connectivity index (χ2n) is 3.78. The van der Waals surface area contributed by atoms with Crippen LogP contribution in [0.3, 0.4) is 0 Å². The zero-order valence-electron chi connectivity index (χ0n) is 7.47. The average molecular weight is 168 g/mol. The summed E-state index contributed by atoms with van der Waals surface area (Å²) in [4.78, 5) is 11.5. The van der Waals surface area contributed by atoms with E-state index < -0.39 is 0 Å². The molecule has 0 unspecified atom stereocenters. The normalized spacial score (nSPS) is 38.6. The number of nitrogens with one attached hydrogen (secondary N) is 2. The van der Waals surface area contributed by atoms with Crippen molar-refractivity contribution in [2.24, 2.45) is 5.92 Å². The minimum Gasteiger partial charge on any atom is -0.356 e. The van der Waals surface area contributed by atoms with Gasteiger partial charge in [0.1, 0.15) is 0 Å². The molecule has 0 saturated carbocycles. The molecule has 0 aliphatic carbocycles. The highest BCUT2D eigenvalue weighted by Gasteiger charge is 2.42. The van der Waals surface area contributed by atoms with Gasteiger partial charge in [-0.15, -0.1) is 0 Å². The first-order chi connectivity index (χ1) is 5.81. The van der Waals surface area contributed by atoms with Crippen LogP contribution >= 0.6 is 0 Å². The van der Waals surface area contributed by atoms with Crippen LogP contribution in [0, 0.1) is 5.92 Å². The van der Waals surface area contributed by atoms with Gasteiger partial charge >= 0.3 is 0 Å². The Morgan fingerprint density at radius 1 is 1.58 bits per heavy atom. The van der Waals surface area contributed by atoms with Crippen LogP contribution in [0.15, 0.2) is 0 Å². The van der Waals surface area contributed by atoms with Gasteiger partial charge in [-0.3, -0.25) is 4.79 Å². The first kappa shape index (κ1) is 8.05. The molecule has 1 amide bonds. The van der Waals surface area contributed by atoms with Gasteiger partial charge < -0.3 is 10.6 Å². The van der Waals surface area contributed by atoms with Gasteiger partial charge in [0.15, 0.2) is 0 Å². The molecule has 2 N–H and O–H groups in total. The minimum atomic E-state index is 0.247. The summed E-state index contributed by atoms with van der Waals surface area (Å²) in [6.07, 6.45) is 3.50. The van der Waals surface area contributed by atoms with Crippen LogP contribution in [0.25, 0.3) is 0 Å². The lowest BCUT2D eigenvalue weighted by Gasteiger charge is -2.18. The van der Waals surface area contributed by atoms with E-state index in [0.29, 0.717) is 12.1 Å². The minimum absolute atomic E-state index is 0.247. The summed E-state index contributed by atoms with van der Waals surface area (Å²) in [6.45, 7) is 2.73. The Morgan fingerprint density at radius 3 is 2.92 bits per heavy atom. The molecule has 2 heterocycles. The molecule has 12 heavy (non-hydrogen) atoms. The van der Waals surface area contributed by atoms with Gasteiger partial charge in [-0.25, -0.2) is 0 Å². The van der Waals surface area contributed by atoms with Gasteiger partial charge in [-0.05, 0) is 26.2 Å². The molecule has 68 valence electrons. The summed E-state index contributed by atoms with van der Waals surface area (Å²) < 4.78 is 0. The van der Waals surface area contributed by atoms with Crippen LogP contribution in [0.5, 0.6) is 0 Å². The monoisotopic (exact) mass is 168 g/mol. The van der Waals surface area contributed by atoms with Crippen LogP contribution in [0.4, 0.5) is 0 Å². The molecule has 0 aromatic carbocycles. The van der Waals surface area contributed by atoms with Crippen molar-refractivity contribution < 1.29 is 4.79 Å². The maximum Gasteiger partial charge on any atom is 0.224 e. The molecule has 3 heteroatoms. The molecule has 2 rings (SSSR count). The van der Waals surface area contributed by atoms with Crippen molar-refractivity contribution in [3.63, 3.8) is 0 Å². The molecular formula is C9H16N2O. The SMILES string of the molecule is CCNC(=O)[C@@H]1C[C@@H]2CC[C@H]1N2. The fourth-order valence-electron chi connectivity index (χ4n) is 2.42. The Morgan fingerprint density at radius 2 is 2.42 bits per heavy atom. The summed E-state index contributed by atoms with van der Waals surface area (Å²) in [5.74, 6) is 0.501. The maximum absolute atomic E-state index is 11.5. The van der Waals surface area contributed by atoms with Crippen LogP contribution in [0.1, 0.15) is 26.2 Å². The summed E-state index contributed by atoms with van der Waals surface area (Å²) >= 11 is 0. The molecule has 3 atom stereocenters. The number of rotatable bonds is 2. The zero-order chi connectivity index (χ0) is 8.55. The lowest BCUT2D eigenvalue weighted by Crippen LogP contribution is -2.37. The Bertz CT molecular complexity index is 193. The zero-order valence-corrected chi connectivity index (χ0v) is 7.47.